The molecule has 0 aliphatic carbocycles. The van der Waals surface area contributed by atoms with E-state index in [-0.39, 0.29) is 5.69 Å². The van der Waals surface area contributed by atoms with Gasteiger partial charge in [-0.3, -0.25) is 4.57 Å². The van der Waals surface area contributed by atoms with Crippen LogP contribution in [0.25, 0.3) is 11.4 Å². The molecule has 1 heterocycles. The molecule has 0 N–H and O–H groups in total. The average Bonchev–Trinajstić information content (AvgIpc) is 2.50. The Hall–Kier alpha value is -1.55. The van der Waals surface area contributed by atoms with Crippen molar-refractivity contribution in [3.63, 3.8) is 0 Å². The average molecular weight is 238 g/mol. The van der Waals surface area contributed by atoms with Gasteiger partial charge < -0.3 is 0 Å². The van der Waals surface area contributed by atoms with E-state index in [1.807, 2.05) is 25.1 Å². The zero-order valence-corrected chi connectivity index (χ0v) is 10.1. The highest BCUT2D eigenvalue weighted by Crippen LogP contribution is 2.27. The van der Waals surface area contributed by atoms with E-state index in [9.17, 15) is 4.79 Å². The molecule has 2 aromatic rings. The van der Waals surface area contributed by atoms with Crippen molar-refractivity contribution in [3.05, 3.63) is 39.3 Å². The fourth-order valence-electron chi connectivity index (χ4n) is 1.61. The Labute approximate surface area is 98.1 Å². The van der Waals surface area contributed by atoms with Crippen molar-refractivity contribution < 1.29 is 0 Å². The van der Waals surface area contributed by atoms with Gasteiger partial charge in [0.1, 0.15) is 0 Å². The summed E-state index contributed by atoms with van der Waals surface area (Å²) in [6.07, 6.45) is 0. The topological polar surface area (TPSA) is 39.8 Å². The molecule has 2 rings (SSSR count). The maximum absolute atomic E-state index is 11.6. The number of hydrogen-bond acceptors (Lipinski definition) is 2. The van der Waals surface area contributed by atoms with Gasteiger partial charge in [-0.05, 0) is 18.6 Å². The number of aromatic nitrogens is 3. The summed E-state index contributed by atoms with van der Waals surface area (Å²) in [4.78, 5) is 11.6. The lowest BCUT2D eigenvalue weighted by Crippen LogP contribution is -2.20. The first-order valence-corrected chi connectivity index (χ1v) is 5.25. The standard InChI is InChI=1S/C11H12ClN3O/c1-7-5-4-6-8(9(7)12)10-13-15(3)11(16)14(10)2/h4-6H,1-3H3. The quantitative estimate of drug-likeness (QED) is 0.758. The van der Waals surface area contributed by atoms with Crippen LogP contribution in [0.1, 0.15) is 5.56 Å². The zero-order valence-electron chi connectivity index (χ0n) is 9.36. The molecule has 0 saturated carbocycles. The predicted octanol–water partition coefficient (Wildman–Crippen LogP) is 1.75. The molecule has 0 fully saturated rings. The Kier molecular flexibility index (Phi) is 2.59. The first-order chi connectivity index (χ1) is 7.52. The Morgan fingerprint density at radius 2 is 2.00 bits per heavy atom. The molecule has 0 aliphatic rings. The second-order valence-corrected chi connectivity index (χ2v) is 4.10. The lowest BCUT2D eigenvalue weighted by Gasteiger charge is -2.04. The third kappa shape index (κ3) is 1.55. The van der Waals surface area contributed by atoms with Gasteiger partial charge in [-0.2, -0.15) is 0 Å². The molecule has 0 bridgehead atoms. The van der Waals surface area contributed by atoms with Crippen molar-refractivity contribution in [2.45, 2.75) is 6.92 Å². The Bertz CT molecular complexity index is 598. The molecule has 0 spiro atoms. The summed E-state index contributed by atoms with van der Waals surface area (Å²) in [5.74, 6) is 0.584. The van der Waals surface area contributed by atoms with Crippen molar-refractivity contribution in [2.24, 2.45) is 14.1 Å². The summed E-state index contributed by atoms with van der Waals surface area (Å²) in [7, 11) is 3.30. The highest BCUT2D eigenvalue weighted by Gasteiger charge is 2.13. The molecule has 0 saturated heterocycles. The van der Waals surface area contributed by atoms with E-state index in [2.05, 4.69) is 5.10 Å². The Morgan fingerprint density at radius 1 is 1.31 bits per heavy atom. The Morgan fingerprint density at radius 3 is 2.56 bits per heavy atom. The van der Waals surface area contributed by atoms with E-state index >= 15 is 0 Å². The molecule has 5 heteroatoms. The minimum absolute atomic E-state index is 0.160. The molecular formula is C11H12ClN3O. The number of hydrogen-bond donors (Lipinski definition) is 0. The van der Waals surface area contributed by atoms with Gasteiger partial charge in [0.25, 0.3) is 0 Å². The molecule has 1 aromatic carbocycles. The molecule has 84 valence electrons. The smallest absolute Gasteiger partial charge is 0.278 e. The summed E-state index contributed by atoms with van der Waals surface area (Å²) in [5, 5.41) is 4.80. The van der Waals surface area contributed by atoms with Crippen LogP contribution >= 0.6 is 11.6 Å². The van der Waals surface area contributed by atoms with Gasteiger partial charge in [0.05, 0.1) is 5.02 Å². The summed E-state index contributed by atoms with van der Waals surface area (Å²) >= 11 is 6.20. The monoisotopic (exact) mass is 237 g/mol. The maximum atomic E-state index is 11.6. The number of rotatable bonds is 1. The normalized spacial score (nSPS) is 10.8. The van der Waals surface area contributed by atoms with Crippen LogP contribution in [0.2, 0.25) is 5.02 Å². The van der Waals surface area contributed by atoms with Crippen molar-refractivity contribution in [2.75, 3.05) is 0 Å². The van der Waals surface area contributed by atoms with Crippen molar-refractivity contribution in [1.29, 1.82) is 0 Å². The van der Waals surface area contributed by atoms with E-state index in [4.69, 9.17) is 11.6 Å². The van der Waals surface area contributed by atoms with Gasteiger partial charge in [-0.15, -0.1) is 5.10 Å². The largest absolute Gasteiger partial charge is 0.345 e. The minimum Gasteiger partial charge on any atom is -0.278 e. The van der Waals surface area contributed by atoms with Crippen molar-refractivity contribution >= 4 is 11.6 Å². The fraction of sp³-hybridized carbons (Fsp3) is 0.273. The van der Waals surface area contributed by atoms with E-state index in [0.29, 0.717) is 10.8 Å². The first kappa shape index (κ1) is 11.0. The summed E-state index contributed by atoms with van der Waals surface area (Å²) in [6, 6.07) is 5.68. The SMILES string of the molecule is Cc1cccc(-c2nn(C)c(=O)n2C)c1Cl. The van der Waals surface area contributed by atoms with E-state index in [0.717, 1.165) is 11.1 Å². The number of halogens is 1. The molecule has 16 heavy (non-hydrogen) atoms. The summed E-state index contributed by atoms with van der Waals surface area (Å²) in [5.41, 5.74) is 1.59. The third-order valence-electron chi connectivity index (χ3n) is 2.56. The minimum atomic E-state index is -0.160. The number of nitrogens with zero attached hydrogens (tertiary/aromatic N) is 3. The molecule has 0 atom stereocenters. The number of benzene rings is 1. The number of aryl methyl sites for hydroxylation is 2. The van der Waals surface area contributed by atoms with Crippen LogP contribution < -0.4 is 5.69 Å². The van der Waals surface area contributed by atoms with E-state index in [1.54, 1.807) is 14.1 Å². The highest BCUT2D eigenvalue weighted by molar-refractivity contribution is 6.33. The second kappa shape index (κ2) is 3.79. The van der Waals surface area contributed by atoms with Gasteiger partial charge in [-0.25, -0.2) is 9.48 Å². The van der Waals surface area contributed by atoms with Gasteiger partial charge in [0.2, 0.25) is 0 Å². The molecular weight excluding hydrogens is 226 g/mol. The van der Waals surface area contributed by atoms with Gasteiger partial charge >= 0.3 is 5.69 Å². The second-order valence-electron chi connectivity index (χ2n) is 3.73. The molecule has 0 amide bonds. The van der Waals surface area contributed by atoms with Gasteiger partial charge in [0, 0.05) is 19.7 Å². The van der Waals surface area contributed by atoms with Crippen LogP contribution in [0.5, 0.6) is 0 Å². The first-order valence-electron chi connectivity index (χ1n) is 4.88. The highest BCUT2D eigenvalue weighted by atomic mass is 35.5. The Balaban J connectivity index is 2.73. The van der Waals surface area contributed by atoms with Gasteiger partial charge in [0.15, 0.2) is 5.82 Å². The van der Waals surface area contributed by atoms with Crippen LogP contribution in [0.4, 0.5) is 0 Å². The molecule has 4 nitrogen and oxygen atoms in total. The third-order valence-corrected chi connectivity index (χ3v) is 3.06. The van der Waals surface area contributed by atoms with Crippen LogP contribution in [-0.2, 0) is 14.1 Å². The van der Waals surface area contributed by atoms with Gasteiger partial charge in [-0.1, -0.05) is 23.7 Å². The van der Waals surface area contributed by atoms with Crippen LogP contribution in [0.15, 0.2) is 23.0 Å². The molecule has 0 aliphatic heterocycles. The van der Waals surface area contributed by atoms with E-state index in [1.165, 1.54) is 9.25 Å². The summed E-state index contributed by atoms with van der Waals surface area (Å²) in [6.45, 7) is 1.92. The molecule has 0 unspecified atom stereocenters. The lowest BCUT2D eigenvalue weighted by molar-refractivity contribution is 0.714. The lowest BCUT2D eigenvalue weighted by atomic mass is 10.1. The van der Waals surface area contributed by atoms with Crippen molar-refractivity contribution in [1.82, 2.24) is 14.3 Å². The fourth-order valence-corrected chi connectivity index (χ4v) is 1.82. The zero-order chi connectivity index (χ0) is 11.9. The van der Waals surface area contributed by atoms with Crippen molar-refractivity contribution in [3.8, 4) is 11.4 Å². The molecule has 0 radical (unpaired) electrons. The maximum Gasteiger partial charge on any atom is 0.345 e. The van der Waals surface area contributed by atoms with Crippen LogP contribution in [0, 0.1) is 6.92 Å². The van der Waals surface area contributed by atoms with Crippen LogP contribution in [-0.4, -0.2) is 14.3 Å². The molecule has 1 aromatic heterocycles. The van der Waals surface area contributed by atoms with Crippen LogP contribution in [0.3, 0.4) is 0 Å². The predicted molar refractivity (Wildman–Crippen MR) is 63.6 cm³/mol. The van der Waals surface area contributed by atoms with E-state index < -0.39 is 0 Å². The summed E-state index contributed by atoms with van der Waals surface area (Å²) < 4.78 is 2.79.